The lowest BCUT2D eigenvalue weighted by Crippen LogP contribution is -2.24. The van der Waals surface area contributed by atoms with Gasteiger partial charge in [0.1, 0.15) is 6.10 Å². The first-order valence-corrected chi connectivity index (χ1v) is 5.35. The van der Waals surface area contributed by atoms with E-state index >= 15 is 0 Å². The molecule has 1 aliphatic rings. The SMILES string of the molecule is O=S(=O)(O)OCC1CC(O)C(CO)O1. The van der Waals surface area contributed by atoms with Gasteiger partial charge in [0, 0.05) is 6.42 Å². The third-order valence-corrected chi connectivity index (χ3v) is 2.32. The molecule has 1 aliphatic heterocycles. The summed E-state index contributed by atoms with van der Waals surface area (Å²) in [6.07, 6.45) is -2.02. The van der Waals surface area contributed by atoms with Gasteiger partial charge in [-0.3, -0.25) is 4.55 Å². The number of hydrogen-bond donors (Lipinski definition) is 3. The van der Waals surface area contributed by atoms with Crippen LogP contribution in [0, 0.1) is 0 Å². The second kappa shape index (κ2) is 4.51. The lowest BCUT2D eigenvalue weighted by Gasteiger charge is -2.10. The molecule has 7 nitrogen and oxygen atoms in total. The standard InChI is InChI=1S/C6H12O7S/c7-2-6-5(8)1-4(13-6)3-12-14(9,10)11/h4-8H,1-3H2,(H,9,10,11). The van der Waals surface area contributed by atoms with Gasteiger partial charge in [0.2, 0.25) is 0 Å². The van der Waals surface area contributed by atoms with Crippen LogP contribution >= 0.6 is 0 Å². The fourth-order valence-corrected chi connectivity index (χ4v) is 1.57. The first-order chi connectivity index (χ1) is 6.42. The molecule has 0 aromatic rings. The van der Waals surface area contributed by atoms with E-state index in [1.807, 2.05) is 0 Å². The van der Waals surface area contributed by atoms with Gasteiger partial charge in [-0.1, -0.05) is 0 Å². The summed E-state index contributed by atoms with van der Waals surface area (Å²) in [5, 5.41) is 17.9. The lowest BCUT2D eigenvalue weighted by atomic mass is 10.1. The molecule has 1 fully saturated rings. The molecule has 0 spiro atoms. The number of rotatable bonds is 4. The Labute approximate surface area is 81.2 Å². The van der Waals surface area contributed by atoms with Crippen LogP contribution in [0.2, 0.25) is 0 Å². The van der Waals surface area contributed by atoms with E-state index in [0.717, 1.165) is 0 Å². The Morgan fingerprint density at radius 3 is 2.57 bits per heavy atom. The number of hydrogen-bond acceptors (Lipinski definition) is 6. The van der Waals surface area contributed by atoms with E-state index in [0.29, 0.717) is 0 Å². The molecule has 0 amide bonds. The molecular formula is C6H12O7S. The molecule has 84 valence electrons. The molecular weight excluding hydrogens is 216 g/mol. The third-order valence-electron chi connectivity index (χ3n) is 1.88. The highest BCUT2D eigenvalue weighted by atomic mass is 32.3. The van der Waals surface area contributed by atoms with E-state index in [1.54, 1.807) is 0 Å². The third kappa shape index (κ3) is 3.48. The van der Waals surface area contributed by atoms with Gasteiger partial charge in [-0.05, 0) is 0 Å². The molecule has 0 aromatic heterocycles. The average Bonchev–Trinajstić information content (AvgIpc) is 2.42. The molecule has 1 heterocycles. The molecule has 3 atom stereocenters. The predicted octanol–water partition coefficient (Wildman–Crippen LogP) is -1.68. The highest BCUT2D eigenvalue weighted by molar-refractivity contribution is 7.80. The van der Waals surface area contributed by atoms with Gasteiger partial charge in [-0.25, -0.2) is 4.18 Å². The maximum absolute atomic E-state index is 10.2. The van der Waals surface area contributed by atoms with Gasteiger partial charge in [-0.15, -0.1) is 0 Å². The lowest BCUT2D eigenvalue weighted by molar-refractivity contribution is -0.0329. The highest BCUT2D eigenvalue weighted by Gasteiger charge is 2.34. The second-order valence-corrected chi connectivity index (χ2v) is 4.09. The maximum atomic E-state index is 10.2. The molecule has 0 aromatic carbocycles. The summed E-state index contributed by atoms with van der Waals surface area (Å²) in [6.45, 7) is -0.712. The van der Waals surface area contributed by atoms with Crippen molar-refractivity contribution in [2.24, 2.45) is 0 Å². The largest absolute Gasteiger partial charge is 0.397 e. The van der Waals surface area contributed by atoms with Crippen LogP contribution < -0.4 is 0 Å². The van der Waals surface area contributed by atoms with Crippen molar-refractivity contribution in [1.29, 1.82) is 0 Å². The first-order valence-electron chi connectivity index (χ1n) is 3.98. The smallest absolute Gasteiger partial charge is 0.394 e. The van der Waals surface area contributed by atoms with Gasteiger partial charge < -0.3 is 14.9 Å². The zero-order chi connectivity index (χ0) is 10.8. The van der Waals surface area contributed by atoms with E-state index in [-0.39, 0.29) is 19.6 Å². The normalized spacial score (nSPS) is 33.5. The Morgan fingerprint density at radius 1 is 1.50 bits per heavy atom. The summed E-state index contributed by atoms with van der Waals surface area (Å²) < 4.78 is 37.7. The van der Waals surface area contributed by atoms with E-state index in [4.69, 9.17) is 14.4 Å². The molecule has 3 unspecified atom stereocenters. The van der Waals surface area contributed by atoms with Crippen molar-refractivity contribution >= 4 is 10.4 Å². The van der Waals surface area contributed by atoms with E-state index in [1.165, 1.54) is 0 Å². The van der Waals surface area contributed by atoms with Crippen molar-refractivity contribution in [3.63, 3.8) is 0 Å². The fourth-order valence-electron chi connectivity index (χ4n) is 1.25. The van der Waals surface area contributed by atoms with Crippen molar-refractivity contribution in [2.75, 3.05) is 13.2 Å². The van der Waals surface area contributed by atoms with Crippen molar-refractivity contribution in [2.45, 2.75) is 24.7 Å². The van der Waals surface area contributed by atoms with Crippen LogP contribution in [0.5, 0.6) is 0 Å². The number of ether oxygens (including phenoxy) is 1. The molecule has 14 heavy (non-hydrogen) atoms. The first kappa shape index (κ1) is 11.8. The summed E-state index contributed by atoms with van der Waals surface area (Å²) in [5.41, 5.74) is 0. The Bertz CT molecular complexity index is 274. The minimum atomic E-state index is -4.48. The van der Waals surface area contributed by atoms with Crippen LogP contribution in [0.4, 0.5) is 0 Å². The van der Waals surface area contributed by atoms with Gasteiger partial charge in [-0.2, -0.15) is 8.42 Å². The van der Waals surface area contributed by atoms with E-state index < -0.39 is 28.7 Å². The monoisotopic (exact) mass is 228 g/mol. The minimum Gasteiger partial charge on any atom is -0.394 e. The van der Waals surface area contributed by atoms with Gasteiger partial charge in [0.25, 0.3) is 0 Å². The highest BCUT2D eigenvalue weighted by Crippen LogP contribution is 2.20. The quantitative estimate of drug-likeness (QED) is 0.492. The Balaban J connectivity index is 2.36. The fraction of sp³-hybridized carbons (Fsp3) is 1.00. The Kier molecular flexibility index (Phi) is 3.81. The van der Waals surface area contributed by atoms with Crippen LogP contribution in [0.25, 0.3) is 0 Å². The molecule has 0 radical (unpaired) electrons. The molecule has 8 heteroatoms. The van der Waals surface area contributed by atoms with Crippen LogP contribution in [0.15, 0.2) is 0 Å². The van der Waals surface area contributed by atoms with Crippen LogP contribution in [-0.2, 0) is 19.3 Å². The summed E-state index contributed by atoms with van der Waals surface area (Å²) in [7, 11) is -4.48. The minimum absolute atomic E-state index is 0.167. The summed E-state index contributed by atoms with van der Waals surface area (Å²) in [5.74, 6) is 0. The average molecular weight is 228 g/mol. The van der Waals surface area contributed by atoms with E-state index in [2.05, 4.69) is 4.18 Å². The van der Waals surface area contributed by atoms with Crippen molar-refractivity contribution in [3.05, 3.63) is 0 Å². The van der Waals surface area contributed by atoms with Crippen LogP contribution in [0.3, 0.4) is 0 Å². The number of aliphatic hydroxyl groups excluding tert-OH is 2. The molecule has 0 bridgehead atoms. The molecule has 1 rings (SSSR count). The van der Waals surface area contributed by atoms with E-state index in [9.17, 15) is 13.5 Å². The van der Waals surface area contributed by atoms with Gasteiger partial charge in [0.15, 0.2) is 0 Å². The van der Waals surface area contributed by atoms with Crippen molar-refractivity contribution in [1.82, 2.24) is 0 Å². The van der Waals surface area contributed by atoms with Crippen molar-refractivity contribution < 1.29 is 32.1 Å². The molecule has 3 N–H and O–H groups in total. The van der Waals surface area contributed by atoms with Crippen LogP contribution in [0.1, 0.15) is 6.42 Å². The van der Waals surface area contributed by atoms with Gasteiger partial charge in [0.05, 0.1) is 25.4 Å². The molecule has 0 aliphatic carbocycles. The summed E-state index contributed by atoms with van der Waals surface area (Å²) >= 11 is 0. The maximum Gasteiger partial charge on any atom is 0.397 e. The van der Waals surface area contributed by atoms with Crippen molar-refractivity contribution in [3.8, 4) is 0 Å². The molecule has 0 saturated carbocycles. The second-order valence-electron chi connectivity index (χ2n) is 2.99. The zero-order valence-corrected chi connectivity index (χ0v) is 8.05. The van der Waals surface area contributed by atoms with Gasteiger partial charge >= 0.3 is 10.4 Å². The zero-order valence-electron chi connectivity index (χ0n) is 7.24. The summed E-state index contributed by atoms with van der Waals surface area (Å²) in [6, 6.07) is 0. The van der Waals surface area contributed by atoms with Crippen LogP contribution in [-0.4, -0.2) is 54.7 Å². The Hall–Kier alpha value is -0.250. The number of aliphatic hydroxyl groups is 2. The topological polar surface area (TPSA) is 113 Å². The summed E-state index contributed by atoms with van der Waals surface area (Å²) in [4.78, 5) is 0. The Morgan fingerprint density at radius 2 is 2.14 bits per heavy atom. The predicted molar refractivity (Wildman–Crippen MR) is 43.9 cm³/mol. The molecule has 1 saturated heterocycles.